The molecule has 4 aromatic rings. The Bertz CT molecular complexity index is 1260. The van der Waals surface area contributed by atoms with Crippen LogP contribution < -0.4 is 0 Å². The SMILES string of the molecule is CC(C)(O)c1cccc(C(Cl)c2cccc(/C=C/c3ccc4ccc(Cl)cc4n3)c2)c1. The van der Waals surface area contributed by atoms with Crippen LogP contribution in [0.1, 0.15) is 47.2 Å². The summed E-state index contributed by atoms with van der Waals surface area (Å²) in [5.74, 6) is 0. The highest BCUT2D eigenvalue weighted by atomic mass is 35.5. The van der Waals surface area contributed by atoms with Gasteiger partial charge in [-0.25, -0.2) is 4.98 Å². The van der Waals surface area contributed by atoms with Crippen LogP contribution >= 0.6 is 23.2 Å². The van der Waals surface area contributed by atoms with E-state index in [0.717, 1.165) is 38.9 Å². The lowest BCUT2D eigenvalue weighted by Crippen LogP contribution is -2.15. The molecule has 0 amide bonds. The normalized spacial score (nSPS) is 13.1. The molecule has 0 saturated heterocycles. The minimum absolute atomic E-state index is 0.309. The van der Waals surface area contributed by atoms with Crippen molar-refractivity contribution in [3.05, 3.63) is 112 Å². The molecule has 0 aliphatic carbocycles. The summed E-state index contributed by atoms with van der Waals surface area (Å²) in [6.07, 6.45) is 4.01. The van der Waals surface area contributed by atoms with Crippen LogP contribution in [0.3, 0.4) is 0 Å². The van der Waals surface area contributed by atoms with Gasteiger partial charge in [0.2, 0.25) is 0 Å². The summed E-state index contributed by atoms with van der Waals surface area (Å²) in [5.41, 5.74) is 4.65. The summed E-state index contributed by atoms with van der Waals surface area (Å²) in [4.78, 5) is 4.67. The molecule has 4 heteroatoms. The Kier molecular flexibility index (Phi) is 6.15. The zero-order valence-electron chi connectivity index (χ0n) is 17.4. The van der Waals surface area contributed by atoms with Crippen molar-refractivity contribution in [1.29, 1.82) is 0 Å². The van der Waals surface area contributed by atoms with Crippen LogP contribution in [0.15, 0.2) is 78.9 Å². The second kappa shape index (κ2) is 8.84. The molecule has 0 bridgehead atoms. The van der Waals surface area contributed by atoms with E-state index in [-0.39, 0.29) is 5.38 Å². The van der Waals surface area contributed by atoms with Gasteiger partial charge in [0.25, 0.3) is 0 Å². The summed E-state index contributed by atoms with van der Waals surface area (Å²) in [6.45, 7) is 3.55. The van der Waals surface area contributed by atoms with Crippen molar-refractivity contribution in [2.24, 2.45) is 0 Å². The molecule has 1 unspecified atom stereocenters. The molecule has 1 N–H and O–H groups in total. The Balaban J connectivity index is 1.58. The minimum atomic E-state index is -0.908. The number of fused-ring (bicyclic) bond motifs is 1. The standard InChI is InChI=1S/C27H23Cl2NO/c1-27(2,31)22-8-4-7-21(16-22)26(29)20-6-3-5-18(15-20)9-13-24-14-11-19-10-12-23(28)17-25(19)30-24/h3-17,26,31H,1-2H3/b13-9+. The number of nitrogens with zero attached hydrogens (tertiary/aromatic N) is 1. The minimum Gasteiger partial charge on any atom is -0.386 e. The zero-order valence-corrected chi connectivity index (χ0v) is 18.9. The van der Waals surface area contributed by atoms with Gasteiger partial charge in [-0.1, -0.05) is 72.3 Å². The van der Waals surface area contributed by atoms with Crippen molar-refractivity contribution in [2.45, 2.75) is 24.8 Å². The number of aliphatic hydroxyl groups is 1. The molecule has 0 fully saturated rings. The molecule has 2 nitrogen and oxygen atoms in total. The number of halogens is 2. The van der Waals surface area contributed by atoms with Gasteiger partial charge in [-0.3, -0.25) is 0 Å². The van der Waals surface area contributed by atoms with E-state index < -0.39 is 5.60 Å². The first-order valence-electron chi connectivity index (χ1n) is 10.1. The summed E-state index contributed by atoms with van der Waals surface area (Å²) >= 11 is 12.9. The van der Waals surface area contributed by atoms with Gasteiger partial charge < -0.3 is 5.11 Å². The van der Waals surface area contributed by atoms with E-state index in [0.29, 0.717) is 5.02 Å². The van der Waals surface area contributed by atoms with Crippen LogP contribution in [0.5, 0.6) is 0 Å². The lowest BCUT2D eigenvalue weighted by Gasteiger charge is -2.20. The molecule has 31 heavy (non-hydrogen) atoms. The van der Waals surface area contributed by atoms with E-state index in [1.54, 1.807) is 13.8 Å². The van der Waals surface area contributed by atoms with Crippen LogP contribution in [0.4, 0.5) is 0 Å². The monoisotopic (exact) mass is 447 g/mol. The highest BCUT2D eigenvalue weighted by Gasteiger charge is 2.18. The predicted molar refractivity (Wildman–Crippen MR) is 132 cm³/mol. The van der Waals surface area contributed by atoms with E-state index >= 15 is 0 Å². The third-order valence-electron chi connectivity index (χ3n) is 5.21. The van der Waals surface area contributed by atoms with Gasteiger partial charge in [-0.2, -0.15) is 0 Å². The molecule has 4 rings (SSSR count). The fourth-order valence-electron chi connectivity index (χ4n) is 3.47. The summed E-state index contributed by atoms with van der Waals surface area (Å²) in [5, 5.41) is 11.7. The molecule has 0 spiro atoms. The lowest BCUT2D eigenvalue weighted by molar-refractivity contribution is 0.0785. The maximum atomic E-state index is 10.3. The molecule has 156 valence electrons. The maximum Gasteiger partial charge on any atom is 0.0840 e. The molecule has 0 aliphatic heterocycles. The predicted octanol–water partition coefficient (Wildman–Crippen LogP) is 7.61. The molecule has 0 radical (unpaired) electrons. The third kappa shape index (κ3) is 5.16. The van der Waals surface area contributed by atoms with Crippen LogP contribution in [-0.4, -0.2) is 10.1 Å². The van der Waals surface area contributed by atoms with E-state index in [1.165, 1.54) is 0 Å². The van der Waals surface area contributed by atoms with Crippen LogP contribution in [0.25, 0.3) is 23.1 Å². The van der Waals surface area contributed by atoms with Crippen LogP contribution in [0.2, 0.25) is 5.02 Å². The summed E-state index contributed by atoms with van der Waals surface area (Å²) < 4.78 is 0. The Labute approximate surface area is 192 Å². The van der Waals surface area contributed by atoms with Gasteiger partial charge in [0.05, 0.1) is 22.2 Å². The lowest BCUT2D eigenvalue weighted by atomic mass is 9.94. The van der Waals surface area contributed by atoms with Crippen molar-refractivity contribution in [1.82, 2.24) is 4.98 Å². The quantitative estimate of drug-likeness (QED) is 0.319. The first-order valence-corrected chi connectivity index (χ1v) is 10.9. The zero-order chi connectivity index (χ0) is 22.0. The van der Waals surface area contributed by atoms with Crippen molar-refractivity contribution < 1.29 is 5.11 Å². The Morgan fingerprint density at radius 2 is 1.58 bits per heavy atom. The number of hydrogen-bond acceptors (Lipinski definition) is 2. The van der Waals surface area contributed by atoms with E-state index in [4.69, 9.17) is 23.2 Å². The number of hydrogen-bond donors (Lipinski definition) is 1. The smallest absolute Gasteiger partial charge is 0.0840 e. The third-order valence-corrected chi connectivity index (χ3v) is 5.95. The first-order chi connectivity index (χ1) is 14.8. The summed E-state index contributed by atoms with van der Waals surface area (Å²) in [6, 6.07) is 25.6. The highest BCUT2D eigenvalue weighted by Crippen LogP contribution is 2.32. The molecule has 1 aromatic heterocycles. The Morgan fingerprint density at radius 1 is 0.871 bits per heavy atom. The van der Waals surface area contributed by atoms with Crippen molar-refractivity contribution in [3.63, 3.8) is 0 Å². The largest absolute Gasteiger partial charge is 0.386 e. The van der Waals surface area contributed by atoms with Crippen molar-refractivity contribution in [2.75, 3.05) is 0 Å². The molecule has 0 aliphatic rings. The molecule has 0 saturated carbocycles. The van der Waals surface area contributed by atoms with Gasteiger partial charge in [0, 0.05) is 10.4 Å². The van der Waals surface area contributed by atoms with Crippen molar-refractivity contribution >= 4 is 46.3 Å². The van der Waals surface area contributed by atoms with E-state index in [2.05, 4.69) is 11.1 Å². The molecule has 3 aromatic carbocycles. The first kappa shape index (κ1) is 21.6. The average Bonchev–Trinajstić information content (AvgIpc) is 2.76. The molecular formula is C27H23Cl2NO. The van der Waals surface area contributed by atoms with Crippen molar-refractivity contribution in [3.8, 4) is 0 Å². The molecular weight excluding hydrogens is 425 g/mol. The van der Waals surface area contributed by atoms with Gasteiger partial charge in [-0.15, -0.1) is 11.6 Å². The second-order valence-corrected chi connectivity index (χ2v) is 9.00. The number of alkyl halides is 1. The number of aromatic nitrogens is 1. The van der Waals surface area contributed by atoms with E-state index in [1.807, 2.05) is 84.9 Å². The van der Waals surface area contributed by atoms with E-state index in [9.17, 15) is 5.11 Å². The number of benzene rings is 3. The molecule has 1 atom stereocenters. The van der Waals surface area contributed by atoms with Gasteiger partial charge in [-0.05, 0) is 66.4 Å². The Morgan fingerprint density at radius 3 is 2.35 bits per heavy atom. The fraction of sp³-hybridized carbons (Fsp3) is 0.148. The van der Waals surface area contributed by atoms with Crippen LogP contribution in [-0.2, 0) is 5.60 Å². The Hall–Kier alpha value is -2.65. The highest BCUT2D eigenvalue weighted by molar-refractivity contribution is 6.31. The fourth-order valence-corrected chi connectivity index (χ4v) is 3.91. The maximum absolute atomic E-state index is 10.3. The topological polar surface area (TPSA) is 33.1 Å². The number of pyridine rings is 1. The second-order valence-electron chi connectivity index (χ2n) is 8.12. The van der Waals surface area contributed by atoms with Gasteiger partial charge >= 0.3 is 0 Å². The van der Waals surface area contributed by atoms with Gasteiger partial charge in [0.15, 0.2) is 0 Å². The number of rotatable bonds is 5. The van der Waals surface area contributed by atoms with Gasteiger partial charge in [0.1, 0.15) is 0 Å². The molecule has 1 heterocycles. The summed E-state index contributed by atoms with van der Waals surface area (Å²) in [7, 11) is 0. The average molecular weight is 448 g/mol. The van der Waals surface area contributed by atoms with Crippen LogP contribution in [0, 0.1) is 0 Å².